The van der Waals surface area contributed by atoms with Crippen LogP contribution in [0.25, 0.3) is 0 Å². The predicted molar refractivity (Wildman–Crippen MR) is 93.8 cm³/mol. The maximum atomic E-state index is 13.2. The molecule has 4 rings (SSSR count). The molecule has 1 atom stereocenters. The highest BCUT2D eigenvalue weighted by Gasteiger charge is 2.38. The van der Waals surface area contributed by atoms with Gasteiger partial charge in [0.2, 0.25) is 10.0 Å². The molecule has 8 heteroatoms. The summed E-state index contributed by atoms with van der Waals surface area (Å²) >= 11 is 0. The van der Waals surface area contributed by atoms with Gasteiger partial charge in [-0.05, 0) is 31.4 Å². The van der Waals surface area contributed by atoms with E-state index < -0.39 is 10.0 Å². The number of ether oxygens (including phenoxy) is 2. The zero-order chi connectivity index (χ0) is 18.1. The van der Waals surface area contributed by atoms with Crippen LogP contribution in [0.3, 0.4) is 0 Å². The molecule has 2 aromatic rings. The van der Waals surface area contributed by atoms with Crippen molar-refractivity contribution in [2.75, 3.05) is 19.8 Å². The largest absolute Gasteiger partial charge is 0.486 e. The van der Waals surface area contributed by atoms with Crippen molar-refractivity contribution in [3.63, 3.8) is 0 Å². The zero-order valence-electron chi connectivity index (χ0n) is 14.7. The van der Waals surface area contributed by atoms with Crippen LogP contribution in [0.1, 0.15) is 43.7 Å². The monoisotopic (exact) mass is 378 g/mol. The molecule has 1 saturated heterocycles. The summed E-state index contributed by atoms with van der Waals surface area (Å²) in [4.78, 5) is 0.214. The SMILES string of the molecule is CCCc1cc([C@H]2CCCN2S(=O)(=O)c2ccc3c(c2)OCCO3)no1. The molecule has 2 aliphatic rings. The highest BCUT2D eigenvalue weighted by Crippen LogP contribution is 2.39. The molecule has 0 bridgehead atoms. The summed E-state index contributed by atoms with van der Waals surface area (Å²) in [6.45, 7) is 3.43. The lowest BCUT2D eigenvalue weighted by molar-refractivity contribution is 0.171. The Labute approximate surface area is 152 Å². The van der Waals surface area contributed by atoms with Crippen molar-refractivity contribution in [1.29, 1.82) is 0 Å². The van der Waals surface area contributed by atoms with Crippen molar-refractivity contribution in [3.8, 4) is 11.5 Å². The molecule has 140 valence electrons. The van der Waals surface area contributed by atoms with Gasteiger partial charge in [0.15, 0.2) is 11.5 Å². The highest BCUT2D eigenvalue weighted by molar-refractivity contribution is 7.89. The third-order valence-corrected chi connectivity index (χ3v) is 6.64. The van der Waals surface area contributed by atoms with Gasteiger partial charge in [0, 0.05) is 25.1 Å². The third kappa shape index (κ3) is 3.07. The van der Waals surface area contributed by atoms with E-state index in [-0.39, 0.29) is 10.9 Å². The van der Waals surface area contributed by atoms with Crippen molar-refractivity contribution >= 4 is 10.0 Å². The second-order valence-corrected chi connectivity index (χ2v) is 8.44. The molecular weight excluding hydrogens is 356 g/mol. The Kier molecular flexibility index (Phi) is 4.62. The second kappa shape index (κ2) is 6.92. The standard InChI is InChI=1S/C18H22N2O5S/c1-2-4-13-11-15(19-25-13)16-5-3-8-20(16)26(21,22)14-6-7-17-18(12-14)24-10-9-23-17/h6-7,11-12,16H,2-5,8-10H2,1H3/t16-/m1/s1. The molecule has 26 heavy (non-hydrogen) atoms. The van der Waals surface area contributed by atoms with Crippen molar-refractivity contribution in [1.82, 2.24) is 9.46 Å². The first kappa shape index (κ1) is 17.4. The minimum absolute atomic E-state index is 0.214. The first-order chi connectivity index (χ1) is 12.6. The number of hydrogen-bond donors (Lipinski definition) is 0. The zero-order valence-corrected chi connectivity index (χ0v) is 15.5. The van der Waals surface area contributed by atoms with E-state index >= 15 is 0 Å². The number of nitrogens with zero attached hydrogens (tertiary/aromatic N) is 2. The van der Waals surface area contributed by atoms with Gasteiger partial charge < -0.3 is 14.0 Å². The molecule has 3 heterocycles. The lowest BCUT2D eigenvalue weighted by atomic mass is 10.1. The maximum absolute atomic E-state index is 13.2. The molecule has 1 aromatic heterocycles. The number of rotatable bonds is 5. The molecule has 0 saturated carbocycles. The summed E-state index contributed by atoms with van der Waals surface area (Å²) in [5, 5.41) is 4.12. The average molecular weight is 378 g/mol. The minimum atomic E-state index is -3.66. The van der Waals surface area contributed by atoms with E-state index in [1.165, 1.54) is 4.31 Å². The van der Waals surface area contributed by atoms with E-state index in [2.05, 4.69) is 12.1 Å². The number of sulfonamides is 1. The number of benzene rings is 1. The second-order valence-electron chi connectivity index (χ2n) is 6.55. The summed E-state index contributed by atoms with van der Waals surface area (Å²) in [7, 11) is -3.66. The smallest absolute Gasteiger partial charge is 0.243 e. The molecule has 0 radical (unpaired) electrons. The van der Waals surface area contributed by atoms with Gasteiger partial charge in [0.05, 0.1) is 10.9 Å². The van der Waals surface area contributed by atoms with E-state index in [1.54, 1.807) is 18.2 Å². The minimum Gasteiger partial charge on any atom is -0.486 e. The average Bonchev–Trinajstić information content (AvgIpc) is 3.31. The van der Waals surface area contributed by atoms with E-state index in [4.69, 9.17) is 14.0 Å². The summed E-state index contributed by atoms with van der Waals surface area (Å²) < 4.78 is 44.3. The number of aryl methyl sites for hydroxylation is 1. The van der Waals surface area contributed by atoms with Gasteiger partial charge in [-0.1, -0.05) is 12.1 Å². The Morgan fingerprint density at radius 2 is 2.00 bits per heavy atom. The van der Waals surface area contributed by atoms with Gasteiger partial charge in [-0.2, -0.15) is 4.31 Å². The van der Waals surface area contributed by atoms with E-state index in [1.807, 2.05) is 6.07 Å². The Morgan fingerprint density at radius 1 is 1.19 bits per heavy atom. The van der Waals surface area contributed by atoms with Gasteiger partial charge in [0.1, 0.15) is 24.7 Å². The van der Waals surface area contributed by atoms with Gasteiger partial charge in [-0.3, -0.25) is 0 Å². The summed E-state index contributed by atoms with van der Waals surface area (Å²) in [6, 6.07) is 6.37. The van der Waals surface area contributed by atoms with Crippen molar-refractivity contribution in [3.05, 3.63) is 35.7 Å². The van der Waals surface area contributed by atoms with Crippen LogP contribution in [0.15, 0.2) is 33.7 Å². The van der Waals surface area contributed by atoms with Crippen LogP contribution in [0.4, 0.5) is 0 Å². The quantitative estimate of drug-likeness (QED) is 0.796. The first-order valence-electron chi connectivity index (χ1n) is 8.96. The molecule has 1 fully saturated rings. The molecule has 2 aliphatic heterocycles. The van der Waals surface area contributed by atoms with Crippen LogP contribution in [0.5, 0.6) is 11.5 Å². The van der Waals surface area contributed by atoms with E-state index in [9.17, 15) is 8.42 Å². The lowest BCUT2D eigenvalue weighted by Gasteiger charge is -2.24. The Balaban J connectivity index is 1.63. The van der Waals surface area contributed by atoms with Crippen LogP contribution in [-0.2, 0) is 16.4 Å². The fourth-order valence-corrected chi connectivity index (χ4v) is 5.18. The van der Waals surface area contributed by atoms with Crippen molar-refractivity contribution in [2.24, 2.45) is 0 Å². The summed E-state index contributed by atoms with van der Waals surface area (Å²) in [6.07, 6.45) is 3.29. The van der Waals surface area contributed by atoms with Crippen molar-refractivity contribution < 1.29 is 22.4 Å². The fraction of sp³-hybridized carbons (Fsp3) is 0.500. The normalized spacial score (nSPS) is 20.4. The summed E-state index contributed by atoms with van der Waals surface area (Å²) in [5.41, 5.74) is 0.687. The maximum Gasteiger partial charge on any atom is 0.243 e. The fourth-order valence-electron chi connectivity index (χ4n) is 3.49. The first-order valence-corrected chi connectivity index (χ1v) is 10.4. The van der Waals surface area contributed by atoms with Crippen LogP contribution >= 0.6 is 0 Å². The molecule has 1 aromatic carbocycles. The van der Waals surface area contributed by atoms with E-state index in [0.29, 0.717) is 37.0 Å². The number of hydrogen-bond acceptors (Lipinski definition) is 6. The third-order valence-electron chi connectivity index (χ3n) is 4.74. The predicted octanol–water partition coefficient (Wildman–Crippen LogP) is 2.92. The van der Waals surface area contributed by atoms with Crippen LogP contribution in [0.2, 0.25) is 0 Å². The highest BCUT2D eigenvalue weighted by atomic mass is 32.2. The molecular formula is C18H22N2O5S. The summed E-state index contributed by atoms with van der Waals surface area (Å²) in [5.74, 6) is 1.85. The molecule has 0 unspecified atom stereocenters. The van der Waals surface area contributed by atoms with Crippen LogP contribution in [0, 0.1) is 0 Å². The number of aromatic nitrogens is 1. The van der Waals surface area contributed by atoms with Gasteiger partial charge >= 0.3 is 0 Å². The Bertz CT molecular complexity index is 893. The van der Waals surface area contributed by atoms with Gasteiger partial charge in [-0.15, -0.1) is 0 Å². The molecule has 7 nitrogen and oxygen atoms in total. The lowest BCUT2D eigenvalue weighted by Crippen LogP contribution is -2.31. The Morgan fingerprint density at radius 3 is 2.81 bits per heavy atom. The van der Waals surface area contributed by atoms with Gasteiger partial charge in [-0.25, -0.2) is 8.42 Å². The molecule has 0 N–H and O–H groups in total. The molecule has 0 spiro atoms. The van der Waals surface area contributed by atoms with Gasteiger partial charge in [0.25, 0.3) is 0 Å². The van der Waals surface area contributed by atoms with Crippen molar-refractivity contribution in [2.45, 2.75) is 43.5 Å². The van der Waals surface area contributed by atoms with Crippen LogP contribution in [-0.4, -0.2) is 37.6 Å². The molecule has 0 aliphatic carbocycles. The van der Waals surface area contributed by atoms with E-state index in [0.717, 1.165) is 31.4 Å². The molecule has 0 amide bonds. The van der Waals surface area contributed by atoms with Crippen LogP contribution < -0.4 is 9.47 Å². The topological polar surface area (TPSA) is 81.9 Å². The Hall–Kier alpha value is -2.06. The number of fused-ring (bicyclic) bond motifs is 1.